The van der Waals surface area contributed by atoms with Gasteiger partial charge in [0, 0.05) is 5.57 Å². The first-order valence-electron chi connectivity index (χ1n) is 5.46. The maximum atomic E-state index is 12.6. The molecule has 0 radical (unpaired) electrons. The highest BCUT2D eigenvalue weighted by molar-refractivity contribution is 5.91. The fourth-order valence-corrected chi connectivity index (χ4v) is 0.793. The zero-order valence-corrected chi connectivity index (χ0v) is 11.4. The predicted molar refractivity (Wildman–Crippen MR) is 61.2 cm³/mol. The van der Waals surface area contributed by atoms with Crippen LogP contribution in [-0.2, 0) is 19.1 Å². The van der Waals surface area contributed by atoms with Gasteiger partial charge in [-0.15, -0.1) is 0 Å². The molecule has 0 rings (SSSR count). The van der Waals surface area contributed by atoms with Gasteiger partial charge in [0.05, 0.1) is 5.57 Å². The van der Waals surface area contributed by atoms with Gasteiger partial charge in [0.1, 0.15) is 5.76 Å². The van der Waals surface area contributed by atoms with Crippen LogP contribution in [0.4, 0.5) is 22.0 Å². The largest absolute Gasteiger partial charge is 0.456 e. The van der Waals surface area contributed by atoms with Gasteiger partial charge in [-0.3, -0.25) is 0 Å². The average molecular weight is 316 g/mol. The molecule has 0 aromatic carbocycles. The van der Waals surface area contributed by atoms with Crippen molar-refractivity contribution in [3.8, 4) is 0 Å². The third-order valence-corrected chi connectivity index (χ3v) is 2.23. The lowest BCUT2D eigenvalue weighted by Crippen LogP contribution is -2.41. The lowest BCUT2D eigenvalue weighted by atomic mass is 10.2. The van der Waals surface area contributed by atoms with Crippen molar-refractivity contribution in [1.82, 2.24) is 0 Å². The van der Waals surface area contributed by atoms with Crippen LogP contribution in [-0.4, -0.2) is 30.6 Å². The highest BCUT2D eigenvalue weighted by Gasteiger charge is 2.58. The Kier molecular flexibility index (Phi) is 6.07. The maximum absolute atomic E-state index is 12.6. The predicted octanol–water partition coefficient (Wildman–Crippen LogP) is 3.14. The van der Waals surface area contributed by atoms with Crippen molar-refractivity contribution in [3.05, 3.63) is 23.5 Å². The van der Waals surface area contributed by atoms with Gasteiger partial charge >= 0.3 is 24.0 Å². The van der Waals surface area contributed by atoms with E-state index in [-0.39, 0.29) is 11.3 Å². The second-order valence-electron chi connectivity index (χ2n) is 4.13. The van der Waals surface area contributed by atoms with Gasteiger partial charge in [0.25, 0.3) is 0 Å². The molecule has 0 aliphatic carbocycles. The molecule has 0 amide bonds. The van der Waals surface area contributed by atoms with Crippen LogP contribution in [0.15, 0.2) is 23.5 Å². The summed E-state index contributed by atoms with van der Waals surface area (Å²) in [5, 5.41) is 0. The number of carbonyl (C=O) groups is 2. The molecule has 4 nitrogen and oxygen atoms in total. The first-order valence-corrected chi connectivity index (χ1v) is 5.46. The summed E-state index contributed by atoms with van der Waals surface area (Å²) in [6, 6.07) is 0. The number of halogens is 5. The molecular formula is C12H13F5O4. The highest BCUT2D eigenvalue weighted by Crippen LogP contribution is 2.35. The van der Waals surface area contributed by atoms with Gasteiger partial charge in [-0.1, -0.05) is 6.58 Å². The first kappa shape index (κ1) is 19.1. The summed E-state index contributed by atoms with van der Waals surface area (Å²) in [5.74, 6) is -7.78. The molecule has 120 valence electrons. The zero-order valence-electron chi connectivity index (χ0n) is 11.4. The van der Waals surface area contributed by atoms with Crippen LogP contribution in [0.2, 0.25) is 0 Å². The second kappa shape index (κ2) is 6.68. The summed E-state index contributed by atoms with van der Waals surface area (Å²) < 4.78 is 69.2. The Bertz CT molecular complexity index is 477. The van der Waals surface area contributed by atoms with Gasteiger partial charge in [-0.25, -0.2) is 9.59 Å². The van der Waals surface area contributed by atoms with E-state index in [1.807, 2.05) is 0 Å². The molecule has 0 saturated carbocycles. The SMILES string of the molecule is C=C(C)C(=O)OC(C)=C(C)C(=O)OCC(F)(F)C(F)(F)F. The van der Waals surface area contributed by atoms with Crippen LogP contribution < -0.4 is 0 Å². The van der Waals surface area contributed by atoms with Crippen molar-refractivity contribution < 1.29 is 41.0 Å². The molecule has 0 fully saturated rings. The van der Waals surface area contributed by atoms with Crippen LogP contribution >= 0.6 is 0 Å². The summed E-state index contributed by atoms with van der Waals surface area (Å²) in [5.41, 5.74) is -0.401. The molecule has 0 aromatic heterocycles. The minimum absolute atomic E-state index is 0.0131. The van der Waals surface area contributed by atoms with E-state index in [1.165, 1.54) is 6.92 Å². The van der Waals surface area contributed by atoms with E-state index < -0.39 is 36.2 Å². The Morgan fingerprint density at radius 3 is 1.86 bits per heavy atom. The Morgan fingerprint density at radius 2 is 1.48 bits per heavy atom. The van der Waals surface area contributed by atoms with E-state index in [9.17, 15) is 31.5 Å². The molecule has 21 heavy (non-hydrogen) atoms. The van der Waals surface area contributed by atoms with Crippen molar-refractivity contribution in [3.63, 3.8) is 0 Å². The van der Waals surface area contributed by atoms with Gasteiger partial charge in [0.2, 0.25) is 0 Å². The number of esters is 2. The van der Waals surface area contributed by atoms with E-state index in [0.29, 0.717) is 0 Å². The molecule has 0 aromatic rings. The summed E-state index contributed by atoms with van der Waals surface area (Å²) >= 11 is 0. The van der Waals surface area contributed by atoms with Gasteiger partial charge in [-0.05, 0) is 20.8 Å². The monoisotopic (exact) mass is 316 g/mol. The molecule has 0 bridgehead atoms. The van der Waals surface area contributed by atoms with Gasteiger partial charge in [-0.2, -0.15) is 22.0 Å². The van der Waals surface area contributed by atoms with E-state index in [1.54, 1.807) is 0 Å². The van der Waals surface area contributed by atoms with Crippen molar-refractivity contribution >= 4 is 11.9 Å². The van der Waals surface area contributed by atoms with Gasteiger partial charge in [0.15, 0.2) is 6.61 Å². The third-order valence-electron chi connectivity index (χ3n) is 2.23. The number of ether oxygens (including phenoxy) is 2. The first-order chi connectivity index (χ1) is 9.29. The van der Waals surface area contributed by atoms with E-state index >= 15 is 0 Å². The van der Waals surface area contributed by atoms with Crippen LogP contribution in [0.25, 0.3) is 0 Å². The number of allylic oxidation sites excluding steroid dienone is 1. The standard InChI is InChI=1S/C12H13F5O4/c1-6(2)9(18)21-8(4)7(3)10(19)20-5-11(13,14)12(15,16)17/h1,5H2,2-4H3. The van der Waals surface area contributed by atoms with Crippen molar-refractivity contribution in [1.29, 1.82) is 0 Å². The van der Waals surface area contributed by atoms with Crippen molar-refractivity contribution in [2.75, 3.05) is 6.61 Å². The molecule has 0 N–H and O–H groups in total. The Hall–Kier alpha value is -1.93. The number of hydrogen-bond donors (Lipinski definition) is 0. The van der Waals surface area contributed by atoms with Crippen molar-refractivity contribution in [2.24, 2.45) is 0 Å². The topological polar surface area (TPSA) is 52.6 Å². The van der Waals surface area contributed by atoms with E-state index in [2.05, 4.69) is 16.1 Å². The summed E-state index contributed by atoms with van der Waals surface area (Å²) in [6.45, 7) is 4.64. The number of carbonyl (C=O) groups excluding carboxylic acids is 2. The Balaban J connectivity index is 4.80. The number of hydrogen-bond acceptors (Lipinski definition) is 4. The molecule has 0 saturated heterocycles. The normalized spacial score (nSPS) is 13.3. The Morgan fingerprint density at radius 1 is 1.00 bits per heavy atom. The van der Waals surface area contributed by atoms with Crippen LogP contribution in [0.3, 0.4) is 0 Å². The second-order valence-corrected chi connectivity index (χ2v) is 4.13. The average Bonchev–Trinajstić information content (AvgIpc) is 2.33. The summed E-state index contributed by atoms with van der Waals surface area (Å²) in [7, 11) is 0. The van der Waals surface area contributed by atoms with Crippen LogP contribution in [0.1, 0.15) is 20.8 Å². The smallest absolute Gasteiger partial charge is 0.455 e. The number of alkyl halides is 5. The molecule has 0 aliphatic heterocycles. The lowest BCUT2D eigenvalue weighted by molar-refractivity contribution is -0.293. The lowest BCUT2D eigenvalue weighted by Gasteiger charge is -2.19. The Labute approximate surface area is 117 Å². The van der Waals surface area contributed by atoms with Crippen molar-refractivity contribution in [2.45, 2.75) is 32.9 Å². The molecule has 0 atom stereocenters. The summed E-state index contributed by atoms with van der Waals surface area (Å²) in [6.07, 6.45) is -5.83. The summed E-state index contributed by atoms with van der Waals surface area (Å²) in [4.78, 5) is 22.5. The fourth-order valence-electron chi connectivity index (χ4n) is 0.793. The fraction of sp³-hybridized carbons (Fsp3) is 0.500. The van der Waals surface area contributed by atoms with E-state index in [0.717, 1.165) is 13.8 Å². The van der Waals surface area contributed by atoms with Gasteiger partial charge < -0.3 is 9.47 Å². The minimum atomic E-state index is -5.83. The molecule has 9 heteroatoms. The van der Waals surface area contributed by atoms with E-state index in [4.69, 9.17) is 0 Å². The third kappa shape index (κ3) is 5.52. The number of rotatable bonds is 5. The zero-order chi connectivity index (χ0) is 17.0. The minimum Gasteiger partial charge on any atom is -0.455 e. The molecule has 0 unspecified atom stereocenters. The quantitative estimate of drug-likeness (QED) is 0.338. The maximum Gasteiger partial charge on any atom is 0.456 e. The molecule has 0 heterocycles. The molecule has 0 aliphatic rings. The van der Waals surface area contributed by atoms with Crippen LogP contribution in [0.5, 0.6) is 0 Å². The molecule has 0 spiro atoms. The molecular weight excluding hydrogens is 303 g/mol. The van der Waals surface area contributed by atoms with Crippen LogP contribution in [0, 0.1) is 0 Å². The highest BCUT2D eigenvalue weighted by atomic mass is 19.4.